The lowest BCUT2D eigenvalue weighted by Gasteiger charge is -2.42. The minimum absolute atomic E-state index is 0.0480. The van der Waals surface area contributed by atoms with Crippen LogP contribution in [0, 0.1) is 20.8 Å². The second-order valence-corrected chi connectivity index (χ2v) is 9.47. The van der Waals surface area contributed by atoms with Crippen LogP contribution in [0.4, 0.5) is 11.4 Å². The lowest BCUT2D eigenvalue weighted by molar-refractivity contribution is 0.313. The Bertz CT molecular complexity index is 1350. The van der Waals surface area contributed by atoms with E-state index in [1.165, 1.54) is 44.8 Å². The Labute approximate surface area is 202 Å². The van der Waals surface area contributed by atoms with E-state index in [2.05, 4.69) is 128 Å². The highest BCUT2D eigenvalue weighted by atomic mass is 15.4. The summed E-state index contributed by atoms with van der Waals surface area (Å²) in [4.78, 5) is 10.4. The summed E-state index contributed by atoms with van der Waals surface area (Å²) in [6.07, 6.45) is 0. The third-order valence-electron chi connectivity index (χ3n) is 7.09. The molecule has 0 amide bonds. The molecular formula is C31H29N3. The molecule has 4 aromatic rings. The van der Waals surface area contributed by atoms with Crippen molar-refractivity contribution in [3.63, 3.8) is 0 Å². The third-order valence-corrected chi connectivity index (χ3v) is 7.09. The fourth-order valence-corrected chi connectivity index (χ4v) is 5.79. The third kappa shape index (κ3) is 3.31. The number of para-hydroxylation sites is 1. The molecule has 4 aromatic carbocycles. The van der Waals surface area contributed by atoms with Crippen LogP contribution in [0.2, 0.25) is 0 Å². The molecule has 3 heteroatoms. The number of hydrogen-bond acceptors (Lipinski definition) is 3. The van der Waals surface area contributed by atoms with E-state index in [-0.39, 0.29) is 12.1 Å². The summed E-state index contributed by atoms with van der Waals surface area (Å²) in [5.74, 6) is 1.09. The highest BCUT2D eigenvalue weighted by Crippen LogP contribution is 2.48. The molecule has 2 aliphatic heterocycles. The van der Waals surface area contributed by atoms with Crippen molar-refractivity contribution in [3.05, 3.63) is 130 Å². The van der Waals surface area contributed by atoms with E-state index in [9.17, 15) is 0 Å². The molecule has 0 saturated heterocycles. The first kappa shape index (κ1) is 20.7. The van der Waals surface area contributed by atoms with E-state index in [4.69, 9.17) is 4.99 Å². The number of fused-ring (bicyclic) bond motifs is 3. The number of amidine groups is 1. The smallest absolute Gasteiger partial charge is 0.135 e. The molecule has 3 nitrogen and oxygen atoms in total. The first-order valence-corrected chi connectivity index (χ1v) is 12.0. The molecule has 0 spiro atoms. The van der Waals surface area contributed by atoms with Gasteiger partial charge >= 0.3 is 0 Å². The Balaban J connectivity index is 1.54. The molecule has 0 unspecified atom stereocenters. The lowest BCUT2D eigenvalue weighted by atomic mass is 9.93. The quantitative estimate of drug-likeness (QED) is 0.332. The van der Waals surface area contributed by atoms with Crippen molar-refractivity contribution >= 4 is 17.2 Å². The van der Waals surface area contributed by atoms with Crippen molar-refractivity contribution in [3.8, 4) is 0 Å². The van der Waals surface area contributed by atoms with Gasteiger partial charge in [0.2, 0.25) is 0 Å². The molecule has 6 rings (SSSR count). The van der Waals surface area contributed by atoms with Gasteiger partial charge in [-0.1, -0.05) is 90.5 Å². The number of benzene rings is 4. The van der Waals surface area contributed by atoms with Gasteiger partial charge in [-0.15, -0.1) is 0 Å². The van der Waals surface area contributed by atoms with E-state index in [0.717, 1.165) is 12.5 Å². The Morgan fingerprint density at radius 2 is 1.29 bits per heavy atom. The topological polar surface area (TPSA) is 18.8 Å². The van der Waals surface area contributed by atoms with Crippen molar-refractivity contribution in [2.45, 2.75) is 32.9 Å². The van der Waals surface area contributed by atoms with E-state index in [1.54, 1.807) is 0 Å². The van der Waals surface area contributed by atoms with Crippen LogP contribution in [0.1, 0.15) is 45.5 Å². The molecule has 2 aliphatic rings. The molecule has 34 heavy (non-hydrogen) atoms. The highest BCUT2D eigenvalue weighted by Gasteiger charge is 2.43. The number of aryl methyl sites for hydroxylation is 3. The molecule has 0 aliphatic carbocycles. The molecule has 0 radical (unpaired) electrons. The van der Waals surface area contributed by atoms with E-state index in [1.807, 2.05) is 0 Å². The van der Waals surface area contributed by atoms with Crippen molar-refractivity contribution in [2.24, 2.45) is 4.99 Å². The second-order valence-electron chi connectivity index (χ2n) is 9.47. The van der Waals surface area contributed by atoms with E-state index >= 15 is 0 Å². The van der Waals surface area contributed by atoms with Crippen LogP contribution in [0.3, 0.4) is 0 Å². The molecule has 2 atom stereocenters. The van der Waals surface area contributed by atoms with Crippen LogP contribution in [0.5, 0.6) is 0 Å². The maximum Gasteiger partial charge on any atom is 0.135 e. The lowest BCUT2D eigenvalue weighted by Crippen LogP contribution is -2.45. The van der Waals surface area contributed by atoms with Crippen molar-refractivity contribution in [1.29, 1.82) is 0 Å². The summed E-state index contributed by atoms with van der Waals surface area (Å²) in [5.41, 5.74) is 10.2. The molecule has 2 heterocycles. The number of anilines is 2. The van der Waals surface area contributed by atoms with Crippen molar-refractivity contribution in [2.75, 3.05) is 11.6 Å². The largest absolute Gasteiger partial charge is 0.329 e. The van der Waals surface area contributed by atoms with Crippen LogP contribution >= 0.6 is 0 Å². The van der Waals surface area contributed by atoms with Crippen LogP contribution in [0.15, 0.2) is 102 Å². The van der Waals surface area contributed by atoms with Gasteiger partial charge in [0.1, 0.15) is 11.9 Å². The summed E-state index contributed by atoms with van der Waals surface area (Å²) < 4.78 is 0. The number of aliphatic imine (C=N–C) groups is 1. The van der Waals surface area contributed by atoms with Gasteiger partial charge in [0.15, 0.2) is 0 Å². The summed E-state index contributed by atoms with van der Waals surface area (Å²) in [6.45, 7) is 7.40. The summed E-state index contributed by atoms with van der Waals surface area (Å²) in [7, 11) is 0. The zero-order valence-electron chi connectivity index (χ0n) is 19.9. The molecule has 0 aromatic heterocycles. The minimum atomic E-state index is 0.0480. The zero-order chi connectivity index (χ0) is 23.2. The van der Waals surface area contributed by atoms with Crippen molar-refractivity contribution < 1.29 is 0 Å². The number of hydrogen-bond donors (Lipinski definition) is 0. The van der Waals surface area contributed by atoms with Crippen LogP contribution < -0.4 is 4.90 Å². The Morgan fingerprint density at radius 3 is 1.97 bits per heavy atom. The summed E-state index contributed by atoms with van der Waals surface area (Å²) >= 11 is 0. The number of nitrogens with zero attached hydrogens (tertiary/aromatic N) is 3. The fourth-order valence-electron chi connectivity index (χ4n) is 5.79. The summed E-state index contributed by atoms with van der Waals surface area (Å²) in [6, 6.07) is 35.1. The Morgan fingerprint density at radius 1 is 0.706 bits per heavy atom. The first-order chi connectivity index (χ1) is 16.6. The van der Waals surface area contributed by atoms with Gasteiger partial charge in [-0.2, -0.15) is 0 Å². The molecule has 0 N–H and O–H groups in total. The standard InChI is InChI=1S/C31H29N3/c1-21-18-22(2)29(23(3)19-21)33-20-34-30(25-14-8-5-9-15-25)28(24-12-6-4-7-13-24)32-31(34)26-16-10-11-17-27(26)33/h4-19,28,30H,20H2,1-3H3/t28-,30-/m1/s1. The van der Waals surface area contributed by atoms with E-state index < -0.39 is 0 Å². The van der Waals surface area contributed by atoms with Gasteiger partial charge in [0.05, 0.1) is 18.4 Å². The molecule has 168 valence electrons. The molecular weight excluding hydrogens is 414 g/mol. The molecule has 0 saturated carbocycles. The predicted octanol–water partition coefficient (Wildman–Crippen LogP) is 7.27. The van der Waals surface area contributed by atoms with Crippen LogP contribution in [-0.4, -0.2) is 17.4 Å². The van der Waals surface area contributed by atoms with Crippen molar-refractivity contribution in [1.82, 2.24) is 4.90 Å². The fraction of sp³-hybridized carbons (Fsp3) is 0.194. The highest BCUT2D eigenvalue weighted by molar-refractivity contribution is 6.07. The minimum Gasteiger partial charge on any atom is -0.329 e. The average Bonchev–Trinajstić information content (AvgIpc) is 3.24. The maximum absolute atomic E-state index is 5.38. The Kier molecular flexibility index (Phi) is 4.99. The summed E-state index contributed by atoms with van der Waals surface area (Å²) in [5, 5.41) is 0. The second kappa shape index (κ2) is 8.18. The maximum atomic E-state index is 5.38. The Hall–Kier alpha value is -3.85. The molecule has 0 bridgehead atoms. The number of rotatable bonds is 3. The normalized spacial score (nSPS) is 19.0. The monoisotopic (exact) mass is 443 g/mol. The predicted molar refractivity (Wildman–Crippen MR) is 141 cm³/mol. The van der Waals surface area contributed by atoms with E-state index in [0.29, 0.717) is 0 Å². The average molecular weight is 444 g/mol. The van der Waals surface area contributed by atoms with Gasteiger partial charge in [-0.25, -0.2) is 0 Å². The van der Waals surface area contributed by atoms with Crippen LogP contribution in [-0.2, 0) is 0 Å². The van der Waals surface area contributed by atoms with Gasteiger partial charge in [-0.05, 0) is 55.2 Å². The first-order valence-electron chi connectivity index (χ1n) is 12.0. The zero-order valence-corrected chi connectivity index (χ0v) is 19.9. The SMILES string of the molecule is Cc1cc(C)c(N2CN3C(=N[C@H](c4ccccc4)[C@H]3c3ccccc3)c3ccccc32)c(C)c1. The van der Waals surface area contributed by atoms with Gasteiger partial charge < -0.3 is 9.80 Å². The van der Waals surface area contributed by atoms with Gasteiger partial charge in [0, 0.05) is 11.3 Å². The van der Waals surface area contributed by atoms with Gasteiger partial charge in [0.25, 0.3) is 0 Å². The molecule has 0 fully saturated rings. The van der Waals surface area contributed by atoms with Crippen LogP contribution in [0.25, 0.3) is 0 Å². The van der Waals surface area contributed by atoms with Gasteiger partial charge in [-0.3, -0.25) is 4.99 Å².